The molecular weight excluding hydrogens is 280 g/mol. The highest BCUT2D eigenvalue weighted by Gasteiger charge is 2.33. The lowest BCUT2D eigenvalue weighted by Crippen LogP contribution is -2.47. The van der Waals surface area contributed by atoms with Crippen LogP contribution in [0.25, 0.3) is 0 Å². The van der Waals surface area contributed by atoms with E-state index in [1.807, 2.05) is 17.9 Å². The van der Waals surface area contributed by atoms with Crippen LogP contribution in [0.3, 0.4) is 0 Å². The number of halogens is 1. The maximum absolute atomic E-state index is 11.3. The van der Waals surface area contributed by atoms with E-state index < -0.39 is 0 Å². The van der Waals surface area contributed by atoms with Crippen molar-refractivity contribution in [3.05, 3.63) is 33.9 Å². The second kappa shape index (κ2) is 5.97. The molecule has 2 rings (SSSR count). The van der Waals surface area contributed by atoms with Crippen molar-refractivity contribution in [2.75, 3.05) is 25.1 Å². The first-order chi connectivity index (χ1) is 9.49. The largest absolute Gasteiger partial charge is 0.377 e. The summed E-state index contributed by atoms with van der Waals surface area (Å²) in [4.78, 5) is 13.0. The summed E-state index contributed by atoms with van der Waals surface area (Å²) in [5, 5.41) is 11.3. The number of nitro benzene ring substituents is 1. The number of nitro groups is 1. The monoisotopic (exact) mass is 298 g/mol. The molecule has 1 unspecified atom stereocenters. The molecule has 0 radical (unpaired) electrons. The topological polar surface area (TPSA) is 55.6 Å². The molecule has 0 N–H and O–H groups in total. The maximum Gasteiger partial charge on any atom is 0.292 e. The lowest BCUT2D eigenvalue weighted by molar-refractivity contribution is -0.384. The van der Waals surface area contributed by atoms with E-state index in [0.717, 1.165) is 24.9 Å². The van der Waals surface area contributed by atoms with Crippen LogP contribution in [0.4, 0.5) is 11.4 Å². The molecule has 0 bridgehead atoms. The average Bonchev–Trinajstić information content (AvgIpc) is 2.46. The van der Waals surface area contributed by atoms with Crippen molar-refractivity contribution in [3.63, 3.8) is 0 Å². The zero-order valence-electron chi connectivity index (χ0n) is 11.8. The minimum atomic E-state index is -0.343. The van der Waals surface area contributed by atoms with Gasteiger partial charge in [0.15, 0.2) is 0 Å². The standard InChI is InChI=1S/C14H19ClN2O3/c1-14(20-2)6-3-7-16(10-14)12-5-4-11(9-15)8-13(12)17(18)19/h4-5,8H,3,6-7,9-10H2,1-2H3. The zero-order valence-corrected chi connectivity index (χ0v) is 12.5. The molecule has 1 aromatic carbocycles. The van der Waals surface area contributed by atoms with Gasteiger partial charge in [0.2, 0.25) is 0 Å². The van der Waals surface area contributed by atoms with Crippen molar-refractivity contribution in [3.8, 4) is 0 Å². The zero-order chi connectivity index (χ0) is 14.8. The molecule has 0 amide bonds. The van der Waals surface area contributed by atoms with Crippen LogP contribution >= 0.6 is 11.6 Å². The van der Waals surface area contributed by atoms with Crippen LogP contribution in [0.2, 0.25) is 0 Å². The third kappa shape index (κ3) is 3.04. The molecule has 20 heavy (non-hydrogen) atoms. The van der Waals surface area contributed by atoms with E-state index in [-0.39, 0.29) is 22.1 Å². The average molecular weight is 299 g/mol. The van der Waals surface area contributed by atoms with Crippen molar-refractivity contribution in [1.82, 2.24) is 0 Å². The lowest BCUT2D eigenvalue weighted by Gasteiger charge is -2.40. The number of alkyl halides is 1. The summed E-state index contributed by atoms with van der Waals surface area (Å²) in [6.45, 7) is 3.50. The van der Waals surface area contributed by atoms with Gasteiger partial charge in [-0.25, -0.2) is 0 Å². The number of rotatable bonds is 4. The first-order valence-corrected chi connectivity index (χ1v) is 7.16. The number of anilines is 1. The van der Waals surface area contributed by atoms with Gasteiger partial charge in [0.1, 0.15) is 5.69 Å². The van der Waals surface area contributed by atoms with Gasteiger partial charge in [-0.3, -0.25) is 10.1 Å². The fourth-order valence-electron chi connectivity index (χ4n) is 2.64. The van der Waals surface area contributed by atoms with E-state index in [2.05, 4.69) is 0 Å². The molecule has 1 heterocycles. The van der Waals surface area contributed by atoms with E-state index in [1.165, 1.54) is 0 Å². The van der Waals surface area contributed by atoms with E-state index in [4.69, 9.17) is 16.3 Å². The number of ether oxygens (including phenoxy) is 1. The van der Waals surface area contributed by atoms with E-state index in [1.54, 1.807) is 19.2 Å². The Balaban J connectivity index is 2.34. The predicted octanol–water partition coefficient (Wildman–Crippen LogP) is 3.34. The number of benzene rings is 1. The van der Waals surface area contributed by atoms with E-state index >= 15 is 0 Å². The Bertz CT molecular complexity index is 509. The SMILES string of the molecule is COC1(C)CCCN(c2ccc(CCl)cc2[N+](=O)[O-])C1. The summed E-state index contributed by atoms with van der Waals surface area (Å²) >= 11 is 5.75. The highest BCUT2D eigenvalue weighted by Crippen LogP contribution is 2.34. The Morgan fingerprint density at radius 3 is 2.90 bits per heavy atom. The number of hydrogen-bond donors (Lipinski definition) is 0. The molecule has 5 nitrogen and oxygen atoms in total. The molecule has 1 atom stereocenters. The Hall–Kier alpha value is -1.33. The van der Waals surface area contributed by atoms with Gasteiger partial charge in [-0.2, -0.15) is 0 Å². The maximum atomic E-state index is 11.3. The highest BCUT2D eigenvalue weighted by atomic mass is 35.5. The first kappa shape index (κ1) is 15.1. The number of nitrogens with zero attached hydrogens (tertiary/aromatic N) is 2. The second-order valence-corrected chi connectivity index (χ2v) is 5.66. The summed E-state index contributed by atoms with van der Waals surface area (Å²) in [6, 6.07) is 5.19. The van der Waals surface area contributed by atoms with Crippen molar-refractivity contribution >= 4 is 23.0 Å². The van der Waals surface area contributed by atoms with Crippen LogP contribution in [0.15, 0.2) is 18.2 Å². The van der Waals surface area contributed by atoms with Gasteiger partial charge in [0.25, 0.3) is 5.69 Å². The number of hydrogen-bond acceptors (Lipinski definition) is 4. The van der Waals surface area contributed by atoms with Gasteiger partial charge < -0.3 is 9.64 Å². The van der Waals surface area contributed by atoms with E-state index in [9.17, 15) is 10.1 Å². The van der Waals surface area contributed by atoms with Crippen LogP contribution < -0.4 is 4.90 Å². The molecule has 0 spiro atoms. The summed E-state index contributed by atoms with van der Waals surface area (Å²) < 4.78 is 5.54. The van der Waals surface area contributed by atoms with Gasteiger partial charge in [-0.15, -0.1) is 11.6 Å². The van der Waals surface area contributed by atoms with Crippen LogP contribution in [-0.2, 0) is 10.6 Å². The van der Waals surface area contributed by atoms with Crippen molar-refractivity contribution in [2.24, 2.45) is 0 Å². The Labute approximate surface area is 123 Å². The summed E-state index contributed by atoms with van der Waals surface area (Å²) in [7, 11) is 1.69. The normalized spacial score (nSPS) is 22.9. The first-order valence-electron chi connectivity index (χ1n) is 6.62. The predicted molar refractivity (Wildman–Crippen MR) is 79.5 cm³/mol. The molecule has 1 saturated heterocycles. The van der Waals surface area contributed by atoms with Crippen LogP contribution in [0.5, 0.6) is 0 Å². The van der Waals surface area contributed by atoms with Gasteiger partial charge in [0.05, 0.1) is 10.5 Å². The summed E-state index contributed by atoms with van der Waals surface area (Å²) in [5.41, 5.74) is 1.26. The fourth-order valence-corrected chi connectivity index (χ4v) is 2.81. The Morgan fingerprint density at radius 2 is 2.30 bits per heavy atom. The van der Waals surface area contributed by atoms with Crippen molar-refractivity contribution in [1.29, 1.82) is 0 Å². The smallest absolute Gasteiger partial charge is 0.292 e. The molecule has 110 valence electrons. The molecule has 0 aliphatic carbocycles. The lowest BCUT2D eigenvalue weighted by atomic mass is 9.94. The molecule has 1 aliphatic rings. The third-order valence-electron chi connectivity index (χ3n) is 3.88. The summed E-state index contributed by atoms with van der Waals surface area (Å²) in [5.74, 6) is 0.275. The number of methoxy groups -OCH3 is 1. The summed E-state index contributed by atoms with van der Waals surface area (Å²) in [6.07, 6.45) is 1.92. The van der Waals surface area contributed by atoms with Gasteiger partial charge >= 0.3 is 0 Å². The Morgan fingerprint density at radius 1 is 1.55 bits per heavy atom. The van der Waals surface area contributed by atoms with E-state index in [0.29, 0.717) is 12.2 Å². The molecule has 1 fully saturated rings. The molecular formula is C14H19ClN2O3. The van der Waals surface area contributed by atoms with Gasteiger partial charge in [-0.05, 0) is 31.4 Å². The van der Waals surface area contributed by atoms with Crippen LogP contribution in [-0.4, -0.2) is 30.7 Å². The van der Waals surface area contributed by atoms with Crippen molar-refractivity contribution < 1.29 is 9.66 Å². The third-order valence-corrected chi connectivity index (χ3v) is 4.19. The molecule has 0 saturated carbocycles. The molecule has 0 aromatic heterocycles. The Kier molecular flexibility index (Phi) is 4.50. The second-order valence-electron chi connectivity index (χ2n) is 5.39. The molecule has 6 heteroatoms. The van der Waals surface area contributed by atoms with Crippen molar-refractivity contribution in [2.45, 2.75) is 31.2 Å². The minimum absolute atomic E-state index is 0.114. The number of piperidine rings is 1. The quantitative estimate of drug-likeness (QED) is 0.486. The van der Waals surface area contributed by atoms with Crippen LogP contribution in [0.1, 0.15) is 25.3 Å². The van der Waals surface area contributed by atoms with Gasteiger partial charge in [-0.1, -0.05) is 6.07 Å². The highest BCUT2D eigenvalue weighted by molar-refractivity contribution is 6.17. The molecule has 1 aliphatic heterocycles. The fraction of sp³-hybridized carbons (Fsp3) is 0.571. The van der Waals surface area contributed by atoms with Gasteiger partial charge in [0, 0.05) is 32.1 Å². The molecule has 1 aromatic rings. The van der Waals surface area contributed by atoms with Crippen LogP contribution in [0, 0.1) is 10.1 Å². The minimum Gasteiger partial charge on any atom is -0.377 e.